The summed E-state index contributed by atoms with van der Waals surface area (Å²) in [5.41, 5.74) is 1.16. The van der Waals surface area contributed by atoms with Crippen LogP contribution in [0.4, 0.5) is 5.95 Å². The van der Waals surface area contributed by atoms with Crippen LogP contribution < -0.4 is 5.32 Å². The summed E-state index contributed by atoms with van der Waals surface area (Å²) in [6.07, 6.45) is 4.82. The number of amides is 1. The Kier molecular flexibility index (Phi) is 2.63. The topological polar surface area (TPSA) is 114 Å². The average molecular weight is 258 g/mol. The van der Waals surface area contributed by atoms with Gasteiger partial charge < -0.3 is 0 Å². The summed E-state index contributed by atoms with van der Waals surface area (Å²) in [6, 6.07) is 0. The van der Waals surface area contributed by atoms with E-state index < -0.39 is 0 Å². The van der Waals surface area contributed by atoms with E-state index in [9.17, 15) is 4.79 Å². The number of aromatic nitrogens is 7. The van der Waals surface area contributed by atoms with Gasteiger partial charge in [-0.3, -0.25) is 10.1 Å². The Morgan fingerprint density at radius 1 is 1.37 bits per heavy atom. The fourth-order valence-corrected chi connectivity index (χ4v) is 1.80. The minimum atomic E-state index is -0.321. The Bertz CT molecular complexity index is 716. The van der Waals surface area contributed by atoms with Gasteiger partial charge >= 0.3 is 0 Å². The van der Waals surface area contributed by atoms with Crippen molar-refractivity contribution in [3.8, 4) is 0 Å². The van der Waals surface area contributed by atoms with Crippen LogP contribution in [-0.4, -0.2) is 40.7 Å². The van der Waals surface area contributed by atoms with Gasteiger partial charge in [0.05, 0.1) is 11.3 Å². The van der Waals surface area contributed by atoms with Crippen LogP contribution in [0.1, 0.15) is 23.0 Å². The number of H-pyrrole nitrogens is 1. The highest BCUT2D eigenvalue weighted by Gasteiger charge is 2.16. The number of nitrogens with zero attached hydrogens (tertiary/aromatic N) is 6. The normalized spacial score (nSPS) is 10.8. The first-order valence-electron chi connectivity index (χ1n) is 5.64. The van der Waals surface area contributed by atoms with E-state index in [1.165, 1.54) is 18.9 Å². The summed E-state index contributed by atoms with van der Waals surface area (Å²) in [7, 11) is 0. The molecule has 3 aromatic rings. The number of aryl methyl sites for hydroxylation is 1. The van der Waals surface area contributed by atoms with E-state index in [-0.39, 0.29) is 11.9 Å². The number of hydrogen-bond acceptors (Lipinski definition) is 6. The Hall–Kier alpha value is -2.84. The van der Waals surface area contributed by atoms with E-state index in [1.807, 2.05) is 6.92 Å². The van der Waals surface area contributed by atoms with Gasteiger partial charge in [0, 0.05) is 6.20 Å². The van der Waals surface area contributed by atoms with Crippen molar-refractivity contribution < 1.29 is 4.79 Å². The summed E-state index contributed by atoms with van der Waals surface area (Å²) < 4.78 is 1.55. The smallest absolute Gasteiger partial charge is 0.261 e. The Morgan fingerprint density at radius 2 is 2.26 bits per heavy atom. The second-order valence-corrected chi connectivity index (χ2v) is 3.73. The van der Waals surface area contributed by atoms with Crippen LogP contribution >= 0.6 is 0 Å². The molecule has 2 N–H and O–H groups in total. The second kappa shape index (κ2) is 4.44. The molecule has 0 atom stereocenters. The van der Waals surface area contributed by atoms with Crippen LogP contribution in [0, 0.1) is 0 Å². The number of carbonyl (C=O) groups excluding carboxylic acids is 1. The summed E-state index contributed by atoms with van der Waals surface area (Å²) in [5.74, 6) is 0.428. The molecule has 3 aromatic heterocycles. The van der Waals surface area contributed by atoms with Crippen molar-refractivity contribution >= 4 is 17.6 Å². The zero-order chi connectivity index (χ0) is 13.2. The molecule has 96 valence electrons. The molecule has 1 amide bonds. The predicted molar refractivity (Wildman–Crippen MR) is 64.5 cm³/mol. The highest BCUT2D eigenvalue weighted by Crippen LogP contribution is 2.11. The van der Waals surface area contributed by atoms with Gasteiger partial charge in [-0.2, -0.15) is 20.2 Å². The van der Waals surface area contributed by atoms with Gasteiger partial charge in [0.25, 0.3) is 11.7 Å². The number of carbonyl (C=O) groups is 1. The molecule has 9 heteroatoms. The zero-order valence-corrected chi connectivity index (χ0v) is 10.0. The van der Waals surface area contributed by atoms with Crippen molar-refractivity contribution in [3.63, 3.8) is 0 Å². The lowest BCUT2D eigenvalue weighted by Crippen LogP contribution is -2.18. The third-order valence-corrected chi connectivity index (χ3v) is 2.63. The fourth-order valence-electron chi connectivity index (χ4n) is 1.80. The van der Waals surface area contributed by atoms with Crippen LogP contribution in [0.15, 0.2) is 18.9 Å². The molecule has 0 aromatic carbocycles. The summed E-state index contributed by atoms with van der Waals surface area (Å²) in [4.78, 5) is 24.1. The quantitative estimate of drug-likeness (QED) is 0.686. The third-order valence-electron chi connectivity index (χ3n) is 2.63. The van der Waals surface area contributed by atoms with Crippen LogP contribution in [0.2, 0.25) is 0 Å². The van der Waals surface area contributed by atoms with E-state index in [1.54, 1.807) is 4.52 Å². The Balaban J connectivity index is 2.01. The van der Waals surface area contributed by atoms with Crippen molar-refractivity contribution in [1.82, 2.24) is 34.8 Å². The van der Waals surface area contributed by atoms with Gasteiger partial charge in [0.2, 0.25) is 5.95 Å². The predicted octanol–water partition coefficient (Wildman–Crippen LogP) is 0.0571. The molecular formula is C10H10N8O. The number of aromatic amines is 1. The summed E-state index contributed by atoms with van der Waals surface area (Å²) in [5, 5.41) is 12.9. The molecule has 0 saturated carbocycles. The minimum Gasteiger partial charge on any atom is -0.291 e. The maximum Gasteiger partial charge on any atom is 0.261 e. The maximum absolute atomic E-state index is 12.2. The zero-order valence-electron chi connectivity index (χ0n) is 10.0. The van der Waals surface area contributed by atoms with Crippen LogP contribution in [0.25, 0.3) is 5.78 Å². The van der Waals surface area contributed by atoms with Crippen LogP contribution in [0.5, 0.6) is 0 Å². The fraction of sp³-hybridized carbons (Fsp3) is 0.200. The largest absolute Gasteiger partial charge is 0.291 e. The first kappa shape index (κ1) is 11.3. The van der Waals surface area contributed by atoms with Crippen molar-refractivity contribution in [1.29, 1.82) is 0 Å². The lowest BCUT2D eigenvalue weighted by molar-refractivity contribution is 0.102. The van der Waals surface area contributed by atoms with Gasteiger partial charge in [-0.25, -0.2) is 14.6 Å². The molecule has 0 aliphatic carbocycles. The molecule has 3 rings (SSSR count). The molecular weight excluding hydrogens is 248 g/mol. The average Bonchev–Trinajstić information content (AvgIpc) is 3.07. The molecule has 0 bridgehead atoms. The molecule has 0 saturated heterocycles. The molecule has 0 spiro atoms. The van der Waals surface area contributed by atoms with E-state index in [0.29, 0.717) is 17.8 Å². The highest BCUT2D eigenvalue weighted by molar-refractivity contribution is 6.04. The molecule has 0 aliphatic rings. The summed E-state index contributed by atoms with van der Waals surface area (Å²) >= 11 is 0. The molecule has 0 aliphatic heterocycles. The van der Waals surface area contributed by atoms with E-state index in [4.69, 9.17) is 0 Å². The van der Waals surface area contributed by atoms with E-state index in [0.717, 1.165) is 5.69 Å². The Morgan fingerprint density at radius 3 is 3.00 bits per heavy atom. The molecule has 0 unspecified atom stereocenters. The molecule has 3 heterocycles. The maximum atomic E-state index is 12.2. The number of rotatable bonds is 3. The van der Waals surface area contributed by atoms with Gasteiger partial charge in [0.1, 0.15) is 12.7 Å². The SMILES string of the molecule is CCc1c(C(=O)Nc2ncn[nH]2)cnc2ncnn12. The van der Waals surface area contributed by atoms with Gasteiger partial charge in [-0.05, 0) is 6.42 Å². The van der Waals surface area contributed by atoms with Crippen LogP contribution in [-0.2, 0) is 6.42 Å². The van der Waals surface area contributed by atoms with Crippen LogP contribution in [0.3, 0.4) is 0 Å². The van der Waals surface area contributed by atoms with Crippen molar-refractivity contribution in [2.24, 2.45) is 0 Å². The highest BCUT2D eigenvalue weighted by atomic mass is 16.1. The van der Waals surface area contributed by atoms with Gasteiger partial charge in [0.15, 0.2) is 0 Å². The molecule has 19 heavy (non-hydrogen) atoms. The number of anilines is 1. The number of fused-ring (bicyclic) bond motifs is 1. The van der Waals surface area contributed by atoms with E-state index >= 15 is 0 Å². The first-order valence-corrected chi connectivity index (χ1v) is 5.64. The minimum absolute atomic E-state index is 0.283. The molecule has 0 fully saturated rings. The number of nitrogens with one attached hydrogen (secondary N) is 2. The second-order valence-electron chi connectivity index (χ2n) is 3.73. The van der Waals surface area contributed by atoms with Crippen molar-refractivity contribution in [3.05, 3.63) is 30.1 Å². The first-order chi connectivity index (χ1) is 9.29. The Labute approximate surface area is 107 Å². The molecule has 9 nitrogen and oxygen atoms in total. The molecule has 0 radical (unpaired) electrons. The number of hydrogen-bond donors (Lipinski definition) is 2. The summed E-state index contributed by atoms with van der Waals surface area (Å²) in [6.45, 7) is 1.93. The lowest BCUT2D eigenvalue weighted by Gasteiger charge is -2.07. The monoisotopic (exact) mass is 258 g/mol. The third kappa shape index (κ3) is 1.90. The van der Waals surface area contributed by atoms with Gasteiger partial charge in [-0.15, -0.1) is 0 Å². The van der Waals surface area contributed by atoms with E-state index in [2.05, 4.69) is 35.6 Å². The lowest BCUT2D eigenvalue weighted by atomic mass is 10.2. The van der Waals surface area contributed by atoms with Crippen molar-refractivity contribution in [2.75, 3.05) is 5.32 Å². The standard InChI is InChI=1S/C10H10N8O/c1-2-7-6(3-11-10-13-5-15-18(7)10)8(19)16-9-12-4-14-17-9/h3-5H,2H2,1H3,(H2,12,14,16,17,19). The van der Waals surface area contributed by atoms with Crippen molar-refractivity contribution in [2.45, 2.75) is 13.3 Å². The van der Waals surface area contributed by atoms with Gasteiger partial charge in [-0.1, -0.05) is 6.92 Å².